The average Bonchev–Trinajstić information content (AvgIpc) is 2.39. The molecule has 0 aromatic heterocycles. The highest BCUT2D eigenvalue weighted by molar-refractivity contribution is 4.53. The van der Waals surface area contributed by atoms with Gasteiger partial charge in [0.15, 0.2) is 6.29 Å². The highest BCUT2D eigenvalue weighted by Crippen LogP contribution is 2.12. The van der Waals surface area contributed by atoms with Gasteiger partial charge in [-0.25, -0.2) is 0 Å². The van der Waals surface area contributed by atoms with Gasteiger partial charge >= 0.3 is 0 Å². The monoisotopic (exact) mass is 161 g/mol. The first-order valence-corrected chi connectivity index (χ1v) is 3.64. The Hall–Kier alpha value is -0.680. The molecule has 0 spiro atoms. The van der Waals surface area contributed by atoms with Gasteiger partial charge < -0.3 is 9.47 Å². The summed E-state index contributed by atoms with van der Waals surface area (Å²) in [6.45, 7) is 0.723. The van der Waals surface area contributed by atoms with Crippen molar-refractivity contribution in [2.45, 2.75) is 19.1 Å². The third-order valence-corrected chi connectivity index (χ3v) is 1.47. The molecule has 1 rings (SSSR count). The minimum absolute atomic E-state index is 0.139. The maximum absolute atomic E-state index is 9.86. The molecule has 0 aliphatic carbocycles. The third kappa shape index (κ3) is 3.29. The van der Waals surface area contributed by atoms with Crippen molar-refractivity contribution >= 4 is 0 Å². The van der Waals surface area contributed by atoms with Crippen LogP contribution in [0.2, 0.25) is 0 Å². The van der Waals surface area contributed by atoms with Crippen LogP contribution in [0.1, 0.15) is 12.8 Å². The standard InChI is InChI=1S/C6H11NO4/c8-7(9)3-5-11-6-2-1-4-10-6/h6H,1-5H2. The van der Waals surface area contributed by atoms with Crippen LogP contribution in [0.5, 0.6) is 0 Å². The molecule has 0 radical (unpaired) electrons. The molecule has 0 saturated carbocycles. The van der Waals surface area contributed by atoms with Gasteiger partial charge in [-0.3, -0.25) is 10.1 Å². The number of ether oxygens (including phenoxy) is 2. The Labute approximate surface area is 64.4 Å². The van der Waals surface area contributed by atoms with Gasteiger partial charge in [0.1, 0.15) is 6.61 Å². The van der Waals surface area contributed by atoms with Crippen molar-refractivity contribution in [2.75, 3.05) is 19.8 Å². The smallest absolute Gasteiger partial charge is 0.227 e. The second-order valence-corrected chi connectivity index (χ2v) is 2.37. The Bertz CT molecular complexity index is 133. The lowest BCUT2D eigenvalue weighted by Gasteiger charge is -2.07. The fourth-order valence-electron chi connectivity index (χ4n) is 0.938. The van der Waals surface area contributed by atoms with E-state index in [4.69, 9.17) is 9.47 Å². The van der Waals surface area contributed by atoms with Crippen LogP contribution in [0, 0.1) is 10.1 Å². The Balaban J connectivity index is 1.98. The van der Waals surface area contributed by atoms with E-state index in [9.17, 15) is 10.1 Å². The van der Waals surface area contributed by atoms with Crippen molar-refractivity contribution in [3.05, 3.63) is 10.1 Å². The number of hydrogen-bond donors (Lipinski definition) is 0. The fourth-order valence-corrected chi connectivity index (χ4v) is 0.938. The van der Waals surface area contributed by atoms with E-state index in [1.165, 1.54) is 0 Å². The van der Waals surface area contributed by atoms with E-state index in [0.29, 0.717) is 6.61 Å². The van der Waals surface area contributed by atoms with Crippen molar-refractivity contribution in [1.29, 1.82) is 0 Å². The lowest BCUT2D eigenvalue weighted by Crippen LogP contribution is -2.16. The van der Waals surface area contributed by atoms with Gasteiger partial charge in [-0.15, -0.1) is 0 Å². The van der Waals surface area contributed by atoms with Crippen molar-refractivity contribution in [3.63, 3.8) is 0 Å². The summed E-state index contributed by atoms with van der Waals surface area (Å²) in [6.07, 6.45) is 1.65. The van der Waals surface area contributed by atoms with Crippen LogP contribution in [-0.2, 0) is 9.47 Å². The summed E-state index contributed by atoms with van der Waals surface area (Å²) in [5, 5.41) is 9.86. The number of rotatable bonds is 4. The molecule has 1 heterocycles. The topological polar surface area (TPSA) is 61.6 Å². The van der Waals surface area contributed by atoms with Crippen LogP contribution < -0.4 is 0 Å². The maximum Gasteiger partial charge on any atom is 0.227 e. The van der Waals surface area contributed by atoms with Crippen molar-refractivity contribution in [1.82, 2.24) is 0 Å². The normalized spacial score (nSPS) is 23.8. The number of nitro groups is 1. The summed E-state index contributed by atoms with van der Waals surface area (Å²) in [4.78, 5) is 9.46. The Morgan fingerprint density at radius 1 is 1.73 bits per heavy atom. The van der Waals surface area contributed by atoms with Crippen LogP contribution in [-0.4, -0.2) is 31.0 Å². The largest absolute Gasteiger partial charge is 0.353 e. The molecule has 1 aliphatic heterocycles. The molecule has 1 aliphatic rings. The molecule has 5 nitrogen and oxygen atoms in total. The zero-order chi connectivity index (χ0) is 8.10. The van der Waals surface area contributed by atoms with Crippen LogP contribution in [0.4, 0.5) is 0 Å². The Morgan fingerprint density at radius 2 is 2.55 bits per heavy atom. The lowest BCUT2D eigenvalue weighted by atomic mass is 10.4. The zero-order valence-corrected chi connectivity index (χ0v) is 6.19. The van der Waals surface area contributed by atoms with E-state index in [1.54, 1.807) is 0 Å². The first-order chi connectivity index (χ1) is 5.29. The average molecular weight is 161 g/mol. The maximum atomic E-state index is 9.86. The summed E-state index contributed by atoms with van der Waals surface area (Å²) in [5.41, 5.74) is 0. The van der Waals surface area contributed by atoms with E-state index in [0.717, 1.165) is 12.8 Å². The van der Waals surface area contributed by atoms with Gasteiger partial charge in [0.2, 0.25) is 6.54 Å². The predicted molar refractivity (Wildman–Crippen MR) is 36.8 cm³/mol. The Morgan fingerprint density at radius 3 is 3.09 bits per heavy atom. The van der Waals surface area contributed by atoms with E-state index >= 15 is 0 Å². The summed E-state index contributed by atoms with van der Waals surface area (Å²) in [5.74, 6) is 0. The molecule has 0 N–H and O–H groups in total. The first-order valence-electron chi connectivity index (χ1n) is 3.64. The molecule has 0 aromatic rings. The van der Waals surface area contributed by atoms with Crippen LogP contribution in [0.25, 0.3) is 0 Å². The molecule has 0 aromatic carbocycles. The van der Waals surface area contributed by atoms with E-state index < -0.39 is 4.92 Å². The highest BCUT2D eigenvalue weighted by Gasteiger charge is 2.15. The second-order valence-electron chi connectivity index (χ2n) is 2.37. The van der Waals surface area contributed by atoms with Crippen LogP contribution >= 0.6 is 0 Å². The molecular formula is C6H11NO4. The molecule has 11 heavy (non-hydrogen) atoms. The highest BCUT2D eigenvalue weighted by atomic mass is 16.7. The lowest BCUT2D eigenvalue weighted by molar-refractivity contribution is -0.485. The van der Waals surface area contributed by atoms with Gasteiger partial charge in [0, 0.05) is 18.0 Å². The minimum atomic E-state index is -0.394. The second kappa shape index (κ2) is 4.25. The molecular weight excluding hydrogens is 150 g/mol. The quantitative estimate of drug-likeness (QED) is 0.442. The first kappa shape index (κ1) is 8.42. The summed E-state index contributed by atoms with van der Waals surface area (Å²) in [6, 6.07) is 0. The van der Waals surface area contributed by atoms with Crippen molar-refractivity contribution in [2.24, 2.45) is 0 Å². The predicted octanol–water partition coefficient (Wildman–Crippen LogP) is 0.416. The molecule has 0 amide bonds. The van der Waals surface area contributed by atoms with Crippen molar-refractivity contribution < 1.29 is 14.4 Å². The molecule has 5 heteroatoms. The summed E-state index contributed by atoms with van der Waals surface area (Å²) in [7, 11) is 0. The van der Waals surface area contributed by atoms with Crippen LogP contribution in [0.15, 0.2) is 0 Å². The molecule has 1 fully saturated rings. The SMILES string of the molecule is O=[N+]([O-])CCOC1CCCO1. The van der Waals surface area contributed by atoms with E-state index in [2.05, 4.69) is 0 Å². The molecule has 1 atom stereocenters. The Kier molecular flexibility index (Phi) is 3.25. The summed E-state index contributed by atoms with van der Waals surface area (Å²) >= 11 is 0. The van der Waals surface area contributed by atoms with Gasteiger partial charge in [0.05, 0.1) is 0 Å². The molecule has 64 valence electrons. The van der Waals surface area contributed by atoms with Gasteiger partial charge in [-0.2, -0.15) is 0 Å². The van der Waals surface area contributed by atoms with Gasteiger partial charge in [0.25, 0.3) is 0 Å². The van der Waals surface area contributed by atoms with Gasteiger partial charge in [-0.05, 0) is 6.42 Å². The number of hydrogen-bond acceptors (Lipinski definition) is 4. The molecule has 1 unspecified atom stereocenters. The van der Waals surface area contributed by atoms with Crippen LogP contribution in [0.3, 0.4) is 0 Å². The number of nitrogens with zero attached hydrogens (tertiary/aromatic N) is 1. The zero-order valence-electron chi connectivity index (χ0n) is 6.19. The molecule has 0 bridgehead atoms. The van der Waals surface area contributed by atoms with E-state index in [-0.39, 0.29) is 19.4 Å². The third-order valence-electron chi connectivity index (χ3n) is 1.47. The molecule has 1 saturated heterocycles. The van der Waals surface area contributed by atoms with E-state index in [1.807, 2.05) is 0 Å². The van der Waals surface area contributed by atoms with Gasteiger partial charge in [-0.1, -0.05) is 0 Å². The van der Waals surface area contributed by atoms with Crippen molar-refractivity contribution in [3.8, 4) is 0 Å². The fraction of sp³-hybridized carbons (Fsp3) is 1.00. The minimum Gasteiger partial charge on any atom is -0.353 e. The summed E-state index contributed by atoms with van der Waals surface area (Å²) < 4.78 is 10.1.